The fraction of sp³-hybridized carbons (Fsp3) is 1.00. The summed E-state index contributed by atoms with van der Waals surface area (Å²) in [5.41, 5.74) is -0.119. The van der Waals surface area contributed by atoms with Gasteiger partial charge in [0.05, 0.1) is 11.9 Å². The van der Waals surface area contributed by atoms with Gasteiger partial charge in [-0.15, -0.1) is 0 Å². The van der Waals surface area contributed by atoms with Crippen molar-refractivity contribution in [2.75, 3.05) is 25.4 Å². The Bertz CT molecular complexity index is 396. The number of hydrogen-bond donors (Lipinski definition) is 2. The molecule has 2 N–H and O–H groups in total. The van der Waals surface area contributed by atoms with Crippen LogP contribution in [-0.4, -0.2) is 46.0 Å². The third kappa shape index (κ3) is 5.85. The van der Waals surface area contributed by atoms with E-state index in [9.17, 15) is 8.42 Å². The van der Waals surface area contributed by atoms with Crippen molar-refractivity contribution in [3.8, 4) is 0 Å². The second-order valence-corrected chi connectivity index (χ2v) is 8.32. The Morgan fingerprint density at radius 1 is 1.19 bits per heavy atom. The molecule has 1 aliphatic rings. The third-order valence-electron chi connectivity index (χ3n) is 4.31. The Hall–Kier alpha value is -0.170. The summed E-state index contributed by atoms with van der Waals surface area (Å²) in [5, 5.41) is 3.29. The summed E-state index contributed by atoms with van der Waals surface area (Å²) in [4.78, 5) is 0. The van der Waals surface area contributed by atoms with Gasteiger partial charge in [-0.2, -0.15) is 0 Å². The second kappa shape index (κ2) is 8.46. The van der Waals surface area contributed by atoms with Gasteiger partial charge in [-0.05, 0) is 45.7 Å². The van der Waals surface area contributed by atoms with Crippen molar-refractivity contribution < 1.29 is 13.2 Å². The van der Waals surface area contributed by atoms with E-state index in [-0.39, 0.29) is 23.3 Å². The summed E-state index contributed by atoms with van der Waals surface area (Å²) >= 11 is 0. The van der Waals surface area contributed by atoms with Gasteiger partial charge in [0.1, 0.15) is 0 Å². The van der Waals surface area contributed by atoms with Crippen molar-refractivity contribution in [1.29, 1.82) is 0 Å². The van der Waals surface area contributed by atoms with E-state index in [4.69, 9.17) is 4.74 Å². The number of ether oxygens (including phenoxy) is 1. The summed E-state index contributed by atoms with van der Waals surface area (Å²) in [7, 11) is -3.18. The molecule has 0 aliphatic heterocycles. The van der Waals surface area contributed by atoms with E-state index >= 15 is 0 Å². The normalized spacial score (nSPS) is 24.8. The van der Waals surface area contributed by atoms with Crippen LogP contribution in [0.4, 0.5) is 0 Å². The number of unbranched alkanes of at least 4 members (excludes halogenated alkanes) is 1. The summed E-state index contributed by atoms with van der Waals surface area (Å²) in [5.74, 6) is 0.215. The van der Waals surface area contributed by atoms with Crippen molar-refractivity contribution >= 4 is 10.0 Å². The highest BCUT2D eigenvalue weighted by molar-refractivity contribution is 7.89. The van der Waals surface area contributed by atoms with Crippen LogP contribution in [0.25, 0.3) is 0 Å². The molecule has 2 atom stereocenters. The lowest BCUT2D eigenvalue weighted by atomic mass is 9.65. The number of nitrogens with one attached hydrogen (secondary N) is 2. The molecule has 0 spiro atoms. The van der Waals surface area contributed by atoms with Crippen molar-refractivity contribution in [2.45, 2.75) is 65.5 Å². The fourth-order valence-corrected chi connectivity index (χ4v) is 4.22. The Labute approximate surface area is 130 Å². The second-order valence-electron chi connectivity index (χ2n) is 6.45. The highest BCUT2D eigenvalue weighted by Crippen LogP contribution is 2.43. The van der Waals surface area contributed by atoms with Gasteiger partial charge < -0.3 is 10.1 Å². The maximum atomic E-state index is 12.1. The van der Waals surface area contributed by atoms with E-state index < -0.39 is 10.0 Å². The fourth-order valence-electron chi connectivity index (χ4n) is 2.69. The van der Waals surface area contributed by atoms with Gasteiger partial charge in [0.25, 0.3) is 0 Å². The third-order valence-corrected chi connectivity index (χ3v) is 5.78. The summed E-state index contributed by atoms with van der Waals surface area (Å²) < 4.78 is 32.7. The van der Waals surface area contributed by atoms with Gasteiger partial charge in [-0.1, -0.05) is 20.8 Å². The van der Waals surface area contributed by atoms with E-state index in [0.717, 1.165) is 32.4 Å². The van der Waals surface area contributed by atoms with Crippen LogP contribution < -0.4 is 10.0 Å². The smallest absolute Gasteiger partial charge is 0.211 e. The first-order chi connectivity index (χ1) is 9.83. The number of rotatable bonds is 11. The van der Waals surface area contributed by atoms with Crippen molar-refractivity contribution in [2.24, 2.45) is 5.41 Å². The first-order valence-electron chi connectivity index (χ1n) is 8.15. The van der Waals surface area contributed by atoms with Gasteiger partial charge in [-0.3, -0.25) is 0 Å². The lowest BCUT2D eigenvalue weighted by Crippen LogP contribution is -2.62. The van der Waals surface area contributed by atoms with Crippen molar-refractivity contribution in [1.82, 2.24) is 10.0 Å². The Morgan fingerprint density at radius 3 is 2.48 bits per heavy atom. The molecule has 6 heteroatoms. The quantitative estimate of drug-likeness (QED) is 0.571. The predicted octanol–water partition coefficient (Wildman–Crippen LogP) is 1.89. The van der Waals surface area contributed by atoms with E-state index in [0.29, 0.717) is 13.0 Å². The number of sulfonamides is 1. The average Bonchev–Trinajstić information content (AvgIpc) is 2.41. The molecule has 0 aromatic carbocycles. The van der Waals surface area contributed by atoms with Gasteiger partial charge in [0, 0.05) is 18.1 Å². The zero-order chi connectivity index (χ0) is 15.9. The van der Waals surface area contributed by atoms with Crippen LogP contribution in [0.15, 0.2) is 0 Å². The minimum atomic E-state index is -3.18. The van der Waals surface area contributed by atoms with Crippen LogP contribution >= 0.6 is 0 Å². The Kier molecular flexibility index (Phi) is 7.60. The largest absolute Gasteiger partial charge is 0.378 e. The summed E-state index contributed by atoms with van der Waals surface area (Å²) in [6, 6.07) is -0.00253. The molecule has 2 unspecified atom stereocenters. The monoisotopic (exact) mass is 320 g/mol. The molecule has 0 saturated heterocycles. The predicted molar refractivity (Wildman–Crippen MR) is 86.9 cm³/mol. The molecule has 5 nitrogen and oxygen atoms in total. The van der Waals surface area contributed by atoms with Gasteiger partial charge in [-0.25, -0.2) is 13.1 Å². The standard InChI is InChI=1S/C15H32N2O3S/c1-5-9-16-10-7-8-11-21(18,19)17-13-12-14(20-6-2)15(13,3)4/h13-14,16-17H,5-12H2,1-4H3. The lowest BCUT2D eigenvalue weighted by Gasteiger charge is -2.51. The van der Waals surface area contributed by atoms with Crippen molar-refractivity contribution in [3.05, 3.63) is 0 Å². The summed E-state index contributed by atoms with van der Waals surface area (Å²) in [6.45, 7) is 10.8. The first kappa shape index (κ1) is 18.9. The van der Waals surface area contributed by atoms with E-state index in [1.165, 1.54) is 0 Å². The van der Waals surface area contributed by atoms with Crippen LogP contribution in [0.1, 0.15) is 53.4 Å². The summed E-state index contributed by atoms with van der Waals surface area (Å²) in [6.07, 6.45) is 3.65. The van der Waals surface area contributed by atoms with Crippen LogP contribution in [0.2, 0.25) is 0 Å². The van der Waals surface area contributed by atoms with Gasteiger partial charge >= 0.3 is 0 Å². The average molecular weight is 320 g/mol. The van der Waals surface area contributed by atoms with Gasteiger partial charge in [0.15, 0.2) is 0 Å². The van der Waals surface area contributed by atoms with Crippen LogP contribution in [0, 0.1) is 5.41 Å². The number of hydrogen-bond acceptors (Lipinski definition) is 4. The molecule has 126 valence electrons. The molecule has 0 heterocycles. The van der Waals surface area contributed by atoms with Crippen LogP contribution in [-0.2, 0) is 14.8 Å². The molecular formula is C15H32N2O3S. The molecule has 1 aliphatic carbocycles. The minimum Gasteiger partial charge on any atom is -0.378 e. The van der Waals surface area contributed by atoms with E-state index in [1.807, 2.05) is 6.92 Å². The zero-order valence-electron chi connectivity index (χ0n) is 13.9. The topological polar surface area (TPSA) is 67.4 Å². The van der Waals surface area contributed by atoms with Crippen LogP contribution in [0.5, 0.6) is 0 Å². The molecule has 0 radical (unpaired) electrons. The molecule has 0 amide bonds. The van der Waals surface area contributed by atoms with Crippen molar-refractivity contribution in [3.63, 3.8) is 0 Å². The molecule has 0 aromatic heterocycles. The maximum absolute atomic E-state index is 12.1. The molecule has 1 rings (SSSR count). The Morgan fingerprint density at radius 2 is 1.90 bits per heavy atom. The molecule has 1 saturated carbocycles. The molecule has 21 heavy (non-hydrogen) atoms. The highest BCUT2D eigenvalue weighted by Gasteiger charge is 2.50. The highest BCUT2D eigenvalue weighted by atomic mass is 32.2. The van der Waals surface area contributed by atoms with E-state index in [2.05, 4.69) is 30.8 Å². The van der Waals surface area contributed by atoms with Crippen LogP contribution in [0.3, 0.4) is 0 Å². The zero-order valence-corrected chi connectivity index (χ0v) is 14.8. The molecule has 0 bridgehead atoms. The van der Waals surface area contributed by atoms with E-state index in [1.54, 1.807) is 0 Å². The molecule has 0 aromatic rings. The first-order valence-corrected chi connectivity index (χ1v) is 9.81. The lowest BCUT2D eigenvalue weighted by molar-refractivity contribution is -0.108. The Balaban J connectivity index is 2.27. The maximum Gasteiger partial charge on any atom is 0.211 e. The SMILES string of the molecule is CCCNCCCCS(=O)(=O)NC1CC(OCC)C1(C)C. The molecular weight excluding hydrogens is 288 g/mol. The van der Waals surface area contributed by atoms with Gasteiger partial charge in [0.2, 0.25) is 10.0 Å². The molecule has 1 fully saturated rings. The minimum absolute atomic E-state index is 0.00253.